The third-order valence-corrected chi connectivity index (χ3v) is 3.23. The highest BCUT2D eigenvalue weighted by Crippen LogP contribution is 2.40. The summed E-state index contributed by atoms with van der Waals surface area (Å²) in [6.07, 6.45) is 6.45. The zero-order valence-electron chi connectivity index (χ0n) is 13.8. The first-order valence-electron chi connectivity index (χ1n) is 7.42. The highest BCUT2D eigenvalue weighted by molar-refractivity contribution is 5.92. The summed E-state index contributed by atoms with van der Waals surface area (Å²) in [4.78, 5) is 11.8. The van der Waals surface area contributed by atoms with Crippen molar-refractivity contribution in [2.24, 2.45) is 0 Å². The number of hydrogen-bond acceptors (Lipinski definition) is 4. The fraction of sp³-hybridized carbons (Fsp3) is 0.471. The molecule has 0 aliphatic carbocycles. The van der Waals surface area contributed by atoms with E-state index in [1.807, 2.05) is 6.07 Å². The van der Waals surface area contributed by atoms with Crippen LogP contribution >= 0.6 is 0 Å². The van der Waals surface area contributed by atoms with Gasteiger partial charge in [0, 0.05) is 18.2 Å². The Bertz CT molecular complexity index is 512. The molecule has 0 fully saturated rings. The predicted octanol–water partition coefficient (Wildman–Crippen LogP) is 3.03. The van der Waals surface area contributed by atoms with Crippen LogP contribution in [0.3, 0.4) is 0 Å². The summed E-state index contributed by atoms with van der Waals surface area (Å²) in [6, 6.07) is 3.60. The number of ether oxygens (including phenoxy) is 3. The van der Waals surface area contributed by atoms with Crippen molar-refractivity contribution in [2.75, 3.05) is 27.9 Å². The zero-order chi connectivity index (χ0) is 16.4. The highest BCUT2D eigenvalue weighted by Gasteiger charge is 2.14. The van der Waals surface area contributed by atoms with E-state index in [2.05, 4.69) is 12.2 Å². The predicted molar refractivity (Wildman–Crippen MR) is 87.7 cm³/mol. The molecule has 0 atom stereocenters. The van der Waals surface area contributed by atoms with Crippen LogP contribution < -0.4 is 19.5 Å². The lowest BCUT2D eigenvalue weighted by molar-refractivity contribution is -0.116. The molecule has 1 rings (SSSR count). The number of methoxy groups -OCH3 is 3. The first kappa shape index (κ1) is 17.9. The van der Waals surface area contributed by atoms with Crippen LogP contribution in [0.15, 0.2) is 18.2 Å². The first-order valence-corrected chi connectivity index (χ1v) is 7.42. The van der Waals surface area contributed by atoms with E-state index in [1.165, 1.54) is 6.08 Å². The van der Waals surface area contributed by atoms with Gasteiger partial charge in [0.1, 0.15) is 0 Å². The molecule has 22 heavy (non-hydrogen) atoms. The molecule has 5 heteroatoms. The van der Waals surface area contributed by atoms with Crippen molar-refractivity contribution in [2.45, 2.75) is 26.2 Å². The minimum absolute atomic E-state index is 0.118. The number of rotatable bonds is 9. The highest BCUT2D eigenvalue weighted by atomic mass is 16.5. The Balaban J connectivity index is 2.80. The maximum absolute atomic E-state index is 11.8. The van der Waals surface area contributed by atoms with Gasteiger partial charge in [-0.05, 0) is 24.6 Å². The molecule has 0 aliphatic rings. The molecule has 0 saturated heterocycles. The van der Waals surface area contributed by atoms with Crippen molar-refractivity contribution < 1.29 is 19.0 Å². The summed E-state index contributed by atoms with van der Waals surface area (Å²) in [7, 11) is 4.67. The average molecular weight is 307 g/mol. The smallest absolute Gasteiger partial charge is 0.244 e. The summed E-state index contributed by atoms with van der Waals surface area (Å²) in [5.41, 5.74) is 0.754. The molecule has 0 aromatic heterocycles. The van der Waals surface area contributed by atoms with Crippen LogP contribution in [-0.4, -0.2) is 33.8 Å². The Morgan fingerprint density at radius 1 is 1.09 bits per heavy atom. The minimum Gasteiger partial charge on any atom is -0.493 e. The molecule has 1 aromatic carbocycles. The fourth-order valence-corrected chi connectivity index (χ4v) is 2.07. The van der Waals surface area contributed by atoms with E-state index >= 15 is 0 Å². The molecule has 0 aliphatic heterocycles. The van der Waals surface area contributed by atoms with Gasteiger partial charge in [0.05, 0.1) is 21.3 Å². The summed E-state index contributed by atoms with van der Waals surface area (Å²) in [5.74, 6) is 1.51. The van der Waals surface area contributed by atoms with Gasteiger partial charge in [-0.25, -0.2) is 0 Å². The third-order valence-electron chi connectivity index (χ3n) is 3.23. The maximum atomic E-state index is 11.8. The van der Waals surface area contributed by atoms with Crippen LogP contribution in [0.25, 0.3) is 6.08 Å². The fourth-order valence-electron chi connectivity index (χ4n) is 2.07. The number of unbranched alkanes of at least 4 members (excludes halogenated alkanes) is 2. The van der Waals surface area contributed by atoms with Gasteiger partial charge in [0.15, 0.2) is 11.5 Å². The lowest BCUT2D eigenvalue weighted by Crippen LogP contribution is -2.21. The van der Waals surface area contributed by atoms with E-state index in [-0.39, 0.29) is 5.91 Å². The number of benzene rings is 1. The summed E-state index contributed by atoms with van der Waals surface area (Å²) in [6.45, 7) is 2.82. The number of carbonyl (C=O) groups is 1. The lowest BCUT2D eigenvalue weighted by atomic mass is 10.1. The van der Waals surface area contributed by atoms with Crippen molar-refractivity contribution >= 4 is 12.0 Å². The summed E-state index contributed by atoms with van der Waals surface area (Å²) >= 11 is 0. The van der Waals surface area contributed by atoms with E-state index in [4.69, 9.17) is 14.2 Å². The van der Waals surface area contributed by atoms with E-state index in [0.717, 1.165) is 24.8 Å². The van der Waals surface area contributed by atoms with Gasteiger partial charge in [-0.2, -0.15) is 0 Å². The van der Waals surface area contributed by atoms with Gasteiger partial charge in [-0.3, -0.25) is 4.79 Å². The van der Waals surface area contributed by atoms with Crippen LogP contribution in [0.4, 0.5) is 0 Å². The van der Waals surface area contributed by atoms with E-state index < -0.39 is 0 Å². The van der Waals surface area contributed by atoms with E-state index in [9.17, 15) is 4.79 Å². The number of amides is 1. The molecular formula is C17H25NO4. The van der Waals surface area contributed by atoms with Gasteiger partial charge in [0.2, 0.25) is 11.7 Å². The standard InChI is InChI=1S/C17H25NO4/c1-5-6-7-12-18-15(19)11-9-13-8-10-14(20-2)17(22-4)16(13)21-3/h8-11H,5-7,12H2,1-4H3,(H,18,19). The second kappa shape index (κ2) is 9.71. The Morgan fingerprint density at radius 2 is 1.82 bits per heavy atom. The number of carbonyl (C=O) groups excluding carboxylic acids is 1. The molecule has 1 N–H and O–H groups in total. The maximum Gasteiger partial charge on any atom is 0.244 e. The lowest BCUT2D eigenvalue weighted by Gasteiger charge is -2.13. The van der Waals surface area contributed by atoms with Gasteiger partial charge in [-0.15, -0.1) is 0 Å². The molecule has 0 bridgehead atoms. The number of nitrogens with one attached hydrogen (secondary N) is 1. The summed E-state index contributed by atoms with van der Waals surface area (Å²) < 4.78 is 15.9. The van der Waals surface area contributed by atoms with E-state index in [0.29, 0.717) is 23.8 Å². The van der Waals surface area contributed by atoms with Gasteiger partial charge < -0.3 is 19.5 Å². The van der Waals surface area contributed by atoms with Gasteiger partial charge in [0.25, 0.3) is 0 Å². The molecule has 0 unspecified atom stereocenters. The van der Waals surface area contributed by atoms with E-state index in [1.54, 1.807) is 33.5 Å². The molecule has 0 saturated carbocycles. The second-order valence-corrected chi connectivity index (χ2v) is 4.76. The van der Waals surface area contributed by atoms with Crippen molar-refractivity contribution in [1.29, 1.82) is 0 Å². The second-order valence-electron chi connectivity index (χ2n) is 4.76. The van der Waals surface area contributed by atoms with Gasteiger partial charge in [-0.1, -0.05) is 19.8 Å². The van der Waals surface area contributed by atoms with Crippen LogP contribution in [0.5, 0.6) is 17.2 Å². The van der Waals surface area contributed by atoms with Crippen molar-refractivity contribution in [3.05, 3.63) is 23.8 Å². The molecule has 0 radical (unpaired) electrons. The van der Waals surface area contributed by atoms with Crippen molar-refractivity contribution in [3.8, 4) is 17.2 Å². The first-order chi connectivity index (χ1) is 10.7. The molecule has 5 nitrogen and oxygen atoms in total. The molecule has 122 valence electrons. The monoisotopic (exact) mass is 307 g/mol. The Morgan fingerprint density at radius 3 is 2.41 bits per heavy atom. The molecule has 0 spiro atoms. The average Bonchev–Trinajstić information content (AvgIpc) is 2.55. The third kappa shape index (κ3) is 4.98. The molecular weight excluding hydrogens is 282 g/mol. The SMILES string of the molecule is CCCCCNC(=O)C=Cc1ccc(OC)c(OC)c1OC. The van der Waals surface area contributed by atoms with Crippen LogP contribution in [0.1, 0.15) is 31.7 Å². The molecule has 0 heterocycles. The molecule has 1 amide bonds. The zero-order valence-corrected chi connectivity index (χ0v) is 13.8. The Labute approximate surface area is 132 Å². The minimum atomic E-state index is -0.118. The largest absolute Gasteiger partial charge is 0.493 e. The Kier molecular flexibility index (Phi) is 7.89. The van der Waals surface area contributed by atoms with Crippen LogP contribution in [0, 0.1) is 0 Å². The van der Waals surface area contributed by atoms with Crippen LogP contribution in [-0.2, 0) is 4.79 Å². The molecule has 1 aromatic rings. The Hall–Kier alpha value is -2.17. The normalized spacial score (nSPS) is 10.5. The van der Waals surface area contributed by atoms with Crippen molar-refractivity contribution in [1.82, 2.24) is 5.32 Å². The number of hydrogen-bond donors (Lipinski definition) is 1. The van der Waals surface area contributed by atoms with Crippen molar-refractivity contribution in [3.63, 3.8) is 0 Å². The van der Waals surface area contributed by atoms with Gasteiger partial charge >= 0.3 is 0 Å². The topological polar surface area (TPSA) is 56.8 Å². The summed E-state index contributed by atoms with van der Waals surface area (Å²) in [5, 5.41) is 2.85. The van der Waals surface area contributed by atoms with Crippen LogP contribution in [0.2, 0.25) is 0 Å². The quantitative estimate of drug-likeness (QED) is 0.563.